The Morgan fingerprint density at radius 3 is 2.71 bits per heavy atom. The van der Waals surface area contributed by atoms with Crippen molar-refractivity contribution in [3.8, 4) is 0 Å². The van der Waals surface area contributed by atoms with Gasteiger partial charge in [-0.3, -0.25) is 9.59 Å². The van der Waals surface area contributed by atoms with Crippen molar-refractivity contribution in [2.45, 2.75) is 57.7 Å². The second kappa shape index (κ2) is 6.59. The zero-order chi connectivity index (χ0) is 20.3. The van der Waals surface area contributed by atoms with Gasteiger partial charge in [-0.2, -0.15) is 0 Å². The number of aliphatic hydroxyl groups is 3. The highest BCUT2D eigenvalue weighted by Crippen LogP contribution is 2.67. The standard InChI is InChI=1S/C22H30O6/c1-20-7-5-14(25)9-13(20)3-4-15-16-6-8-22(28-12-24,18(27)11-23)21(16,2)10-17(26)19(15)20/h5,7,9,15-17,19,23-24,26H,3-4,6,8,10-12H2,1-2H3/t15?,16?,17?,19?,20?,21?,22-/m0/s1. The Balaban J connectivity index is 1.75. The van der Waals surface area contributed by atoms with Crippen LogP contribution >= 0.6 is 0 Å². The minimum absolute atomic E-state index is 0.00540. The van der Waals surface area contributed by atoms with Crippen LogP contribution in [0, 0.1) is 28.6 Å². The average Bonchev–Trinajstić information content (AvgIpc) is 2.94. The van der Waals surface area contributed by atoms with E-state index >= 15 is 0 Å². The van der Waals surface area contributed by atoms with Gasteiger partial charge in [0.2, 0.25) is 0 Å². The van der Waals surface area contributed by atoms with Crippen LogP contribution in [-0.4, -0.2) is 52.0 Å². The van der Waals surface area contributed by atoms with Gasteiger partial charge in [-0.25, -0.2) is 0 Å². The molecule has 3 saturated carbocycles. The van der Waals surface area contributed by atoms with Crippen LogP contribution in [0.15, 0.2) is 23.8 Å². The number of hydrogen-bond donors (Lipinski definition) is 3. The van der Waals surface area contributed by atoms with Crippen LogP contribution in [0.4, 0.5) is 0 Å². The second-order valence-electron chi connectivity index (χ2n) is 9.43. The molecular formula is C22H30O6. The molecule has 0 saturated heterocycles. The molecular weight excluding hydrogens is 360 g/mol. The lowest BCUT2D eigenvalue weighted by molar-refractivity contribution is -0.210. The Morgan fingerprint density at radius 1 is 1.29 bits per heavy atom. The van der Waals surface area contributed by atoms with Crippen LogP contribution < -0.4 is 0 Å². The number of ketones is 2. The fraction of sp³-hybridized carbons (Fsp3) is 0.727. The fourth-order valence-electron chi connectivity index (χ4n) is 7.33. The number of carbonyl (C=O) groups excluding carboxylic acids is 2. The van der Waals surface area contributed by atoms with E-state index in [-0.39, 0.29) is 29.0 Å². The van der Waals surface area contributed by atoms with Gasteiger partial charge in [0.15, 0.2) is 11.6 Å². The summed E-state index contributed by atoms with van der Waals surface area (Å²) in [5.41, 5.74) is -1.18. The number of fused-ring (bicyclic) bond motifs is 5. The number of hydrogen-bond acceptors (Lipinski definition) is 6. The maximum absolute atomic E-state index is 12.8. The number of ether oxygens (including phenoxy) is 1. The van der Waals surface area contributed by atoms with Crippen molar-refractivity contribution >= 4 is 11.6 Å². The molecule has 28 heavy (non-hydrogen) atoms. The van der Waals surface area contributed by atoms with Crippen molar-refractivity contribution in [1.82, 2.24) is 0 Å². The monoisotopic (exact) mass is 390 g/mol. The van der Waals surface area contributed by atoms with Gasteiger partial charge in [0.1, 0.15) is 19.0 Å². The van der Waals surface area contributed by atoms with Crippen molar-refractivity contribution in [3.63, 3.8) is 0 Å². The largest absolute Gasteiger partial charge is 0.393 e. The molecule has 4 aliphatic rings. The van der Waals surface area contributed by atoms with Gasteiger partial charge in [-0.1, -0.05) is 25.5 Å². The lowest BCUT2D eigenvalue weighted by Crippen LogP contribution is -2.62. The molecule has 4 rings (SSSR count). The van der Waals surface area contributed by atoms with Gasteiger partial charge < -0.3 is 20.1 Å². The topological polar surface area (TPSA) is 104 Å². The molecule has 4 aliphatic carbocycles. The Kier molecular flexibility index (Phi) is 4.70. The zero-order valence-corrected chi connectivity index (χ0v) is 16.6. The summed E-state index contributed by atoms with van der Waals surface area (Å²) in [5.74, 6) is -0.102. The van der Waals surface area contributed by atoms with E-state index in [2.05, 4.69) is 6.92 Å². The predicted octanol–water partition coefficient (Wildman–Crippen LogP) is 1.53. The minimum atomic E-state index is -1.26. The van der Waals surface area contributed by atoms with E-state index in [1.165, 1.54) is 0 Å². The Hall–Kier alpha value is -1.34. The number of aliphatic hydroxyl groups excluding tert-OH is 3. The van der Waals surface area contributed by atoms with Gasteiger partial charge in [0, 0.05) is 16.7 Å². The van der Waals surface area contributed by atoms with Crippen molar-refractivity contribution in [2.75, 3.05) is 13.4 Å². The third-order valence-electron chi connectivity index (χ3n) is 8.52. The summed E-state index contributed by atoms with van der Waals surface area (Å²) in [4.78, 5) is 24.6. The molecule has 0 bridgehead atoms. The number of carbonyl (C=O) groups is 2. The van der Waals surface area contributed by atoms with E-state index in [0.717, 1.165) is 24.8 Å². The summed E-state index contributed by atoms with van der Waals surface area (Å²) in [6.45, 7) is 2.85. The summed E-state index contributed by atoms with van der Waals surface area (Å²) in [7, 11) is 0. The molecule has 3 fully saturated rings. The fourth-order valence-corrected chi connectivity index (χ4v) is 7.33. The van der Waals surface area contributed by atoms with Crippen LogP contribution in [0.25, 0.3) is 0 Å². The number of allylic oxidation sites excluding steroid dienone is 4. The quantitative estimate of drug-likeness (QED) is 0.629. The molecule has 6 heteroatoms. The van der Waals surface area contributed by atoms with E-state index in [1.807, 2.05) is 13.0 Å². The zero-order valence-electron chi connectivity index (χ0n) is 16.6. The summed E-state index contributed by atoms with van der Waals surface area (Å²) < 4.78 is 5.65. The molecule has 0 aromatic heterocycles. The SMILES string of the molecule is CC12C=CC(=O)C=C1CCC1C2C(O)CC2(C)C1CC[C@]2(OCO)C(=O)CO. The van der Waals surface area contributed by atoms with E-state index in [4.69, 9.17) is 4.74 Å². The molecule has 7 atom stereocenters. The maximum atomic E-state index is 12.8. The van der Waals surface area contributed by atoms with Crippen molar-refractivity contribution < 1.29 is 29.6 Å². The smallest absolute Gasteiger partial charge is 0.190 e. The number of Topliss-reactive ketones (excluding diaryl/α,β-unsaturated/α-hetero) is 1. The third kappa shape index (κ3) is 2.41. The lowest BCUT2D eigenvalue weighted by atomic mass is 9.46. The summed E-state index contributed by atoms with van der Waals surface area (Å²) in [5, 5.41) is 30.4. The maximum Gasteiger partial charge on any atom is 0.190 e. The minimum Gasteiger partial charge on any atom is -0.393 e. The van der Waals surface area contributed by atoms with Crippen LogP contribution in [0.2, 0.25) is 0 Å². The first kappa shape index (κ1) is 20.0. The third-order valence-corrected chi connectivity index (χ3v) is 8.52. The first-order valence-electron chi connectivity index (χ1n) is 10.2. The summed E-state index contributed by atoms with van der Waals surface area (Å²) in [6.07, 6.45) is 7.85. The van der Waals surface area contributed by atoms with E-state index in [9.17, 15) is 24.9 Å². The molecule has 0 aliphatic heterocycles. The van der Waals surface area contributed by atoms with Crippen LogP contribution in [0.5, 0.6) is 0 Å². The van der Waals surface area contributed by atoms with Crippen molar-refractivity contribution in [3.05, 3.63) is 23.8 Å². The first-order chi connectivity index (χ1) is 13.2. The first-order valence-corrected chi connectivity index (χ1v) is 10.2. The molecule has 0 aromatic rings. The normalized spacial score (nSPS) is 47.2. The van der Waals surface area contributed by atoms with Gasteiger partial charge in [-0.15, -0.1) is 0 Å². The molecule has 0 aromatic carbocycles. The average molecular weight is 390 g/mol. The predicted molar refractivity (Wildman–Crippen MR) is 101 cm³/mol. The summed E-state index contributed by atoms with van der Waals surface area (Å²) in [6, 6.07) is 0. The van der Waals surface area contributed by atoms with Gasteiger partial charge in [0.25, 0.3) is 0 Å². The summed E-state index contributed by atoms with van der Waals surface area (Å²) >= 11 is 0. The molecule has 3 N–H and O–H groups in total. The Morgan fingerprint density at radius 2 is 2.04 bits per heavy atom. The van der Waals surface area contributed by atoms with Gasteiger partial charge in [0.05, 0.1) is 6.10 Å². The Bertz CT molecular complexity index is 756. The molecule has 0 heterocycles. The highest BCUT2D eigenvalue weighted by Gasteiger charge is 2.69. The highest BCUT2D eigenvalue weighted by molar-refractivity contribution is 6.01. The Labute approximate surface area is 165 Å². The van der Waals surface area contributed by atoms with E-state index < -0.39 is 36.3 Å². The van der Waals surface area contributed by atoms with Crippen molar-refractivity contribution in [2.24, 2.45) is 28.6 Å². The van der Waals surface area contributed by atoms with E-state index in [0.29, 0.717) is 12.8 Å². The lowest BCUT2D eigenvalue weighted by Gasteiger charge is -2.60. The van der Waals surface area contributed by atoms with Crippen LogP contribution in [0.1, 0.15) is 46.0 Å². The molecule has 6 nitrogen and oxygen atoms in total. The second-order valence-corrected chi connectivity index (χ2v) is 9.43. The van der Waals surface area contributed by atoms with Gasteiger partial charge in [-0.05, 0) is 56.1 Å². The molecule has 0 radical (unpaired) electrons. The van der Waals surface area contributed by atoms with Crippen LogP contribution in [-0.2, 0) is 14.3 Å². The molecule has 0 spiro atoms. The molecule has 6 unspecified atom stereocenters. The van der Waals surface area contributed by atoms with Gasteiger partial charge >= 0.3 is 0 Å². The van der Waals surface area contributed by atoms with Crippen LogP contribution in [0.3, 0.4) is 0 Å². The number of rotatable bonds is 4. The van der Waals surface area contributed by atoms with E-state index in [1.54, 1.807) is 12.2 Å². The molecule has 154 valence electrons. The van der Waals surface area contributed by atoms with Crippen molar-refractivity contribution in [1.29, 1.82) is 0 Å². The highest BCUT2D eigenvalue weighted by atomic mass is 16.6. The molecule has 0 amide bonds.